The van der Waals surface area contributed by atoms with E-state index in [9.17, 15) is 0 Å². The zero-order valence-electron chi connectivity index (χ0n) is 6.01. The van der Waals surface area contributed by atoms with Crippen LogP contribution in [-0.4, -0.2) is 24.3 Å². The third-order valence-electron chi connectivity index (χ3n) is 1.64. The summed E-state index contributed by atoms with van der Waals surface area (Å²) < 4.78 is 0. The van der Waals surface area contributed by atoms with Crippen molar-refractivity contribution in [2.75, 3.05) is 13.1 Å². The van der Waals surface area contributed by atoms with Gasteiger partial charge >= 0.3 is 0 Å². The van der Waals surface area contributed by atoms with Crippen LogP contribution in [0.3, 0.4) is 0 Å². The van der Waals surface area contributed by atoms with Gasteiger partial charge in [0.15, 0.2) is 0 Å². The van der Waals surface area contributed by atoms with Crippen molar-refractivity contribution >= 4 is 0 Å². The second-order valence-electron chi connectivity index (χ2n) is 2.29. The average Bonchev–Trinajstić information content (AvgIpc) is 2.33. The van der Waals surface area contributed by atoms with Crippen LogP contribution >= 0.6 is 0 Å². The van der Waals surface area contributed by atoms with Gasteiger partial charge in [-0.05, 0) is 6.20 Å². The number of nitrogens with zero attached hydrogens (tertiary/aromatic N) is 3. The van der Waals surface area contributed by atoms with Crippen LogP contribution in [0.2, 0.25) is 0 Å². The fraction of sp³-hybridized carbons (Fsp3) is 0.667. The van der Waals surface area contributed by atoms with Gasteiger partial charge in [0.05, 0.1) is 0 Å². The molecule has 3 nitrogen and oxygen atoms in total. The standard InChI is InChI=1S/C6H9N3.2W/c1-2-7-6-8-3-5-9(6)4-1;;/h3,5-6H,1-2,4H2;;/q-2;;. The zero-order chi connectivity index (χ0) is 6.10. The van der Waals surface area contributed by atoms with Crippen molar-refractivity contribution in [1.82, 2.24) is 4.90 Å². The predicted molar refractivity (Wildman–Crippen MR) is 35.8 cm³/mol. The molecule has 1 unspecified atom stereocenters. The Morgan fingerprint density at radius 1 is 1.36 bits per heavy atom. The molecule has 0 N–H and O–H groups in total. The Bertz CT molecular complexity index is 140. The van der Waals surface area contributed by atoms with Crippen LogP contribution in [-0.2, 0) is 42.1 Å². The van der Waals surface area contributed by atoms with E-state index in [1.165, 1.54) is 6.42 Å². The van der Waals surface area contributed by atoms with Crippen molar-refractivity contribution in [1.29, 1.82) is 0 Å². The molecule has 0 saturated carbocycles. The van der Waals surface area contributed by atoms with Crippen LogP contribution in [0.5, 0.6) is 0 Å². The van der Waals surface area contributed by atoms with Gasteiger partial charge in [-0.2, -0.15) is 6.20 Å². The molecule has 2 heterocycles. The van der Waals surface area contributed by atoms with Crippen molar-refractivity contribution in [2.24, 2.45) is 0 Å². The number of hydrogen-bond donors (Lipinski definition) is 0. The van der Waals surface area contributed by atoms with Crippen LogP contribution in [0, 0.1) is 0 Å². The summed E-state index contributed by atoms with van der Waals surface area (Å²) in [5.74, 6) is 0. The molecular weight excluding hydrogens is 482 g/mol. The molecule has 1 atom stereocenters. The van der Waals surface area contributed by atoms with Gasteiger partial charge in [0, 0.05) is 48.7 Å². The first-order chi connectivity index (χ1) is 4.47. The second kappa shape index (κ2) is 5.34. The molecule has 0 radical (unpaired) electrons. The van der Waals surface area contributed by atoms with Crippen molar-refractivity contribution in [2.45, 2.75) is 12.7 Å². The van der Waals surface area contributed by atoms with E-state index in [4.69, 9.17) is 0 Å². The van der Waals surface area contributed by atoms with Gasteiger partial charge in [0.1, 0.15) is 0 Å². The SMILES string of the molecule is C1=CN2CCC[N-]C2[N-]1.[W].[W]. The fourth-order valence-corrected chi connectivity index (χ4v) is 1.17. The number of rotatable bonds is 0. The van der Waals surface area contributed by atoms with E-state index < -0.39 is 0 Å². The van der Waals surface area contributed by atoms with Crippen LogP contribution < -0.4 is 0 Å². The fourth-order valence-electron chi connectivity index (χ4n) is 1.17. The molecule has 0 aromatic heterocycles. The van der Waals surface area contributed by atoms with Crippen molar-refractivity contribution < 1.29 is 42.1 Å². The van der Waals surface area contributed by atoms with E-state index in [1.54, 1.807) is 0 Å². The molecule has 2 aliphatic heterocycles. The second-order valence-corrected chi connectivity index (χ2v) is 2.29. The molecule has 11 heavy (non-hydrogen) atoms. The van der Waals surface area contributed by atoms with Crippen LogP contribution in [0.1, 0.15) is 6.42 Å². The summed E-state index contributed by atoms with van der Waals surface area (Å²) in [7, 11) is 0. The first kappa shape index (κ1) is 11.7. The van der Waals surface area contributed by atoms with Crippen molar-refractivity contribution in [3.8, 4) is 0 Å². The number of hydrogen-bond acceptors (Lipinski definition) is 1. The maximum absolute atomic E-state index is 4.29. The summed E-state index contributed by atoms with van der Waals surface area (Å²) in [5, 5.41) is 8.42. The van der Waals surface area contributed by atoms with E-state index in [0.29, 0.717) is 0 Å². The molecule has 1 saturated heterocycles. The maximum atomic E-state index is 4.29. The van der Waals surface area contributed by atoms with Crippen molar-refractivity contribution in [3.05, 3.63) is 23.0 Å². The van der Waals surface area contributed by atoms with Crippen LogP contribution in [0.25, 0.3) is 10.6 Å². The van der Waals surface area contributed by atoms with Crippen molar-refractivity contribution in [3.63, 3.8) is 0 Å². The molecule has 2 aliphatic rings. The Hall–Kier alpha value is 0.677. The normalized spacial score (nSPS) is 26.2. The molecular formula is C6H9N3W2-2. The van der Waals surface area contributed by atoms with Crippen LogP contribution in [0.15, 0.2) is 12.4 Å². The molecule has 2 rings (SSSR count). The molecule has 62 valence electrons. The molecule has 5 heteroatoms. The Balaban J connectivity index is 0.000000500. The minimum absolute atomic E-state index is 0. The number of fused-ring (bicyclic) bond motifs is 1. The summed E-state index contributed by atoms with van der Waals surface area (Å²) in [5.41, 5.74) is 0. The minimum atomic E-state index is 0. The summed E-state index contributed by atoms with van der Waals surface area (Å²) in [6, 6.07) is 0. The van der Waals surface area contributed by atoms with E-state index >= 15 is 0 Å². The predicted octanol–water partition coefficient (Wildman–Crippen LogP) is 1.20. The summed E-state index contributed by atoms with van der Waals surface area (Å²) >= 11 is 0. The third kappa shape index (κ3) is 2.57. The Labute approximate surface area is 95.5 Å². The van der Waals surface area contributed by atoms with E-state index in [2.05, 4.69) is 15.5 Å². The monoisotopic (exact) mass is 491 g/mol. The molecule has 0 aromatic carbocycles. The van der Waals surface area contributed by atoms with Gasteiger partial charge in [-0.25, -0.2) is 0 Å². The minimum Gasteiger partial charge on any atom is -0.688 e. The first-order valence-corrected chi connectivity index (χ1v) is 3.26. The maximum Gasteiger partial charge on any atom is 0.0121 e. The van der Waals surface area contributed by atoms with Crippen LogP contribution in [0.4, 0.5) is 0 Å². The van der Waals surface area contributed by atoms with Gasteiger partial charge < -0.3 is 15.5 Å². The smallest absolute Gasteiger partial charge is 0.0121 e. The Morgan fingerprint density at radius 2 is 2.18 bits per heavy atom. The molecule has 1 fully saturated rings. The molecule has 0 aromatic rings. The van der Waals surface area contributed by atoms with E-state index in [0.717, 1.165) is 13.1 Å². The van der Waals surface area contributed by atoms with Gasteiger partial charge in [0.2, 0.25) is 0 Å². The van der Waals surface area contributed by atoms with E-state index in [1.807, 2.05) is 12.4 Å². The summed E-state index contributed by atoms with van der Waals surface area (Å²) in [4.78, 5) is 2.16. The van der Waals surface area contributed by atoms with Gasteiger partial charge in [-0.1, -0.05) is 6.42 Å². The Kier molecular flexibility index (Phi) is 5.67. The third-order valence-corrected chi connectivity index (χ3v) is 1.64. The molecule has 0 aliphatic carbocycles. The van der Waals surface area contributed by atoms with Gasteiger partial charge in [0.25, 0.3) is 0 Å². The zero-order valence-corrected chi connectivity index (χ0v) is 11.9. The Morgan fingerprint density at radius 3 is 2.91 bits per heavy atom. The first-order valence-electron chi connectivity index (χ1n) is 3.26. The molecule has 0 bridgehead atoms. The molecule has 0 amide bonds. The topological polar surface area (TPSA) is 31.4 Å². The quantitative estimate of drug-likeness (QED) is 0.502. The van der Waals surface area contributed by atoms with Gasteiger partial charge in [-0.15, -0.1) is 12.8 Å². The molecule has 0 spiro atoms. The van der Waals surface area contributed by atoms with E-state index in [-0.39, 0.29) is 48.4 Å². The summed E-state index contributed by atoms with van der Waals surface area (Å²) in [6.07, 6.45) is 5.15. The van der Waals surface area contributed by atoms with Gasteiger partial charge in [-0.3, -0.25) is 0 Å². The largest absolute Gasteiger partial charge is 0.688 e. The summed E-state index contributed by atoms with van der Waals surface area (Å²) in [6.45, 7) is 2.10. The average molecular weight is 491 g/mol.